The van der Waals surface area contributed by atoms with Gasteiger partial charge in [0.1, 0.15) is 5.75 Å². The maximum absolute atomic E-state index is 11.9. The van der Waals surface area contributed by atoms with E-state index in [1.165, 1.54) is 0 Å². The number of rotatable bonds is 4. The summed E-state index contributed by atoms with van der Waals surface area (Å²) in [6.07, 6.45) is 3.48. The summed E-state index contributed by atoms with van der Waals surface area (Å²) >= 11 is 0. The van der Waals surface area contributed by atoms with Gasteiger partial charge >= 0.3 is 0 Å². The first-order chi connectivity index (χ1) is 10.6. The first kappa shape index (κ1) is 16.1. The molecular formula is C19H18O2S. The van der Waals surface area contributed by atoms with E-state index in [1.54, 1.807) is 6.08 Å². The SMILES string of the molecule is Cc1ccc(C#CCS(=O)(=O)C/C=C/c2ccccc2)cc1. The Balaban J connectivity index is 1.92. The normalized spacial score (nSPS) is 11.1. The van der Waals surface area contributed by atoms with Crippen LogP contribution in [0.3, 0.4) is 0 Å². The second kappa shape index (κ2) is 7.63. The summed E-state index contributed by atoms with van der Waals surface area (Å²) in [5.41, 5.74) is 2.98. The Morgan fingerprint density at radius 3 is 2.36 bits per heavy atom. The van der Waals surface area contributed by atoms with E-state index in [0.717, 1.165) is 16.7 Å². The third-order valence-corrected chi connectivity index (χ3v) is 4.32. The predicted octanol–water partition coefficient (Wildman–Crippen LogP) is 3.47. The van der Waals surface area contributed by atoms with E-state index in [1.807, 2.05) is 67.6 Å². The smallest absolute Gasteiger partial charge is 0.165 e. The van der Waals surface area contributed by atoms with Crippen LogP contribution < -0.4 is 0 Å². The van der Waals surface area contributed by atoms with E-state index < -0.39 is 9.84 Å². The van der Waals surface area contributed by atoms with E-state index in [9.17, 15) is 8.42 Å². The van der Waals surface area contributed by atoms with Crippen molar-refractivity contribution in [2.45, 2.75) is 6.92 Å². The lowest BCUT2D eigenvalue weighted by atomic mass is 10.2. The molecule has 0 amide bonds. The monoisotopic (exact) mass is 310 g/mol. The molecule has 0 aromatic heterocycles. The fourth-order valence-electron chi connectivity index (χ4n) is 1.84. The highest BCUT2D eigenvalue weighted by Gasteiger charge is 2.05. The number of hydrogen-bond acceptors (Lipinski definition) is 2. The van der Waals surface area contributed by atoms with E-state index in [4.69, 9.17) is 0 Å². The molecule has 2 aromatic carbocycles. The quantitative estimate of drug-likeness (QED) is 0.810. The van der Waals surface area contributed by atoms with Crippen LogP contribution in [0.15, 0.2) is 60.7 Å². The second-order valence-corrected chi connectivity index (χ2v) is 7.14. The van der Waals surface area contributed by atoms with Crippen molar-refractivity contribution in [2.24, 2.45) is 0 Å². The largest absolute Gasteiger partial charge is 0.228 e. The zero-order chi connectivity index (χ0) is 15.8. The van der Waals surface area contributed by atoms with Crippen LogP contribution in [0, 0.1) is 18.8 Å². The molecule has 0 saturated heterocycles. The van der Waals surface area contributed by atoms with Gasteiger partial charge in [-0.3, -0.25) is 0 Å². The molecule has 0 spiro atoms. The van der Waals surface area contributed by atoms with Gasteiger partial charge in [0.2, 0.25) is 0 Å². The van der Waals surface area contributed by atoms with Crippen molar-refractivity contribution >= 4 is 15.9 Å². The summed E-state index contributed by atoms with van der Waals surface area (Å²) in [6.45, 7) is 2.00. The van der Waals surface area contributed by atoms with Gasteiger partial charge in [0.05, 0.1) is 5.75 Å². The van der Waals surface area contributed by atoms with Crippen molar-refractivity contribution in [3.05, 3.63) is 77.4 Å². The Bertz CT molecular complexity index is 790. The van der Waals surface area contributed by atoms with E-state index in [2.05, 4.69) is 11.8 Å². The van der Waals surface area contributed by atoms with Gasteiger partial charge in [-0.1, -0.05) is 72.0 Å². The van der Waals surface area contributed by atoms with Crippen molar-refractivity contribution in [3.8, 4) is 11.8 Å². The molecule has 2 aromatic rings. The van der Waals surface area contributed by atoms with Crippen LogP contribution in [0.1, 0.15) is 16.7 Å². The molecule has 0 radical (unpaired) electrons. The van der Waals surface area contributed by atoms with Gasteiger partial charge in [-0.25, -0.2) is 8.42 Å². The highest BCUT2D eigenvalue weighted by atomic mass is 32.2. The molecule has 0 fully saturated rings. The number of sulfone groups is 1. The molecule has 0 aliphatic carbocycles. The van der Waals surface area contributed by atoms with E-state index in [0.29, 0.717) is 0 Å². The molecule has 112 valence electrons. The average molecular weight is 310 g/mol. The summed E-state index contributed by atoms with van der Waals surface area (Å²) in [5, 5.41) is 0. The van der Waals surface area contributed by atoms with Gasteiger partial charge < -0.3 is 0 Å². The summed E-state index contributed by atoms with van der Waals surface area (Å²) in [6, 6.07) is 17.3. The Kier molecular flexibility index (Phi) is 5.57. The predicted molar refractivity (Wildman–Crippen MR) is 92.2 cm³/mol. The van der Waals surface area contributed by atoms with Crippen molar-refractivity contribution in [1.29, 1.82) is 0 Å². The maximum Gasteiger partial charge on any atom is 0.165 e. The topological polar surface area (TPSA) is 34.1 Å². The van der Waals surface area contributed by atoms with Gasteiger partial charge in [0, 0.05) is 5.56 Å². The summed E-state index contributed by atoms with van der Waals surface area (Å²) in [5.74, 6) is 5.50. The lowest BCUT2D eigenvalue weighted by Crippen LogP contribution is -2.07. The van der Waals surface area contributed by atoms with Gasteiger partial charge in [0.15, 0.2) is 9.84 Å². The lowest BCUT2D eigenvalue weighted by Gasteiger charge is -1.95. The lowest BCUT2D eigenvalue weighted by molar-refractivity contribution is 0.602. The second-order valence-electron chi connectivity index (χ2n) is 5.04. The first-order valence-electron chi connectivity index (χ1n) is 7.03. The molecule has 0 heterocycles. The minimum atomic E-state index is -3.19. The average Bonchev–Trinajstić information content (AvgIpc) is 2.50. The fourth-order valence-corrected chi connectivity index (χ4v) is 2.64. The Morgan fingerprint density at radius 1 is 1.00 bits per heavy atom. The van der Waals surface area contributed by atoms with Gasteiger partial charge in [-0.15, -0.1) is 0 Å². The van der Waals surface area contributed by atoms with Crippen LogP contribution in [0.4, 0.5) is 0 Å². The molecule has 2 nitrogen and oxygen atoms in total. The number of hydrogen-bond donors (Lipinski definition) is 0. The highest BCUT2D eigenvalue weighted by Crippen LogP contribution is 2.03. The van der Waals surface area contributed by atoms with Crippen LogP contribution in [-0.2, 0) is 9.84 Å². The minimum absolute atomic E-state index is 0.00444. The van der Waals surface area contributed by atoms with Crippen molar-refractivity contribution in [1.82, 2.24) is 0 Å². The van der Waals surface area contributed by atoms with Gasteiger partial charge in [0.25, 0.3) is 0 Å². The Labute approximate surface area is 132 Å². The summed E-state index contributed by atoms with van der Waals surface area (Å²) < 4.78 is 23.8. The van der Waals surface area contributed by atoms with Crippen molar-refractivity contribution in [3.63, 3.8) is 0 Å². The van der Waals surface area contributed by atoms with E-state index in [-0.39, 0.29) is 11.5 Å². The molecule has 0 unspecified atom stereocenters. The molecule has 3 heteroatoms. The standard InChI is InChI=1S/C19H18O2S/c1-17-11-13-19(14-12-17)10-6-16-22(20,21)15-5-9-18-7-3-2-4-8-18/h2-5,7-9,11-14H,15-16H2,1H3/b9-5+. The maximum atomic E-state index is 11.9. The fraction of sp³-hybridized carbons (Fsp3) is 0.158. The molecule has 0 aliphatic rings. The number of benzene rings is 2. The molecular weight excluding hydrogens is 292 g/mol. The zero-order valence-electron chi connectivity index (χ0n) is 12.5. The Hall–Kier alpha value is -2.31. The molecule has 0 saturated carbocycles. The molecule has 0 N–H and O–H groups in total. The zero-order valence-corrected chi connectivity index (χ0v) is 13.3. The van der Waals surface area contributed by atoms with Gasteiger partial charge in [-0.05, 0) is 24.6 Å². The molecule has 0 atom stereocenters. The van der Waals surface area contributed by atoms with Crippen LogP contribution in [0.5, 0.6) is 0 Å². The highest BCUT2D eigenvalue weighted by molar-refractivity contribution is 7.91. The number of aryl methyl sites for hydroxylation is 1. The Morgan fingerprint density at radius 2 is 1.68 bits per heavy atom. The first-order valence-corrected chi connectivity index (χ1v) is 8.85. The van der Waals surface area contributed by atoms with Crippen LogP contribution in [-0.4, -0.2) is 19.9 Å². The molecule has 0 aliphatic heterocycles. The van der Waals surface area contributed by atoms with Crippen molar-refractivity contribution in [2.75, 3.05) is 11.5 Å². The molecule has 22 heavy (non-hydrogen) atoms. The third-order valence-electron chi connectivity index (χ3n) is 3.04. The minimum Gasteiger partial charge on any atom is -0.228 e. The molecule has 0 bridgehead atoms. The summed E-state index contributed by atoms with van der Waals surface area (Å²) in [7, 11) is -3.19. The molecule has 2 rings (SSSR count). The van der Waals surface area contributed by atoms with Crippen molar-refractivity contribution < 1.29 is 8.42 Å². The van der Waals surface area contributed by atoms with Crippen LogP contribution >= 0.6 is 0 Å². The third kappa shape index (κ3) is 5.59. The van der Waals surface area contributed by atoms with Crippen LogP contribution in [0.25, 0.3) is 6.08 Å². The van der Waals surface area contributed by atoms with Crippen LogP contribution in [0.2, 0.25) is 0 Å². The van der Waals surface area contributed by atoms with E-state index >= 15 is 0 Å². The summed E-state index contributed by atoms with van der Waals surface area (Å²) in [4.78, 5) is 0. The van der Waals surface area contributed by atoms with Gasteiger partial charge in [-0.2, -0.15) is 0 Å².